The maximum Gasteiger partial charge on any atom is 0.248 e. The van der Waals surface area contributed by atoms with Gasteiger partial charge in [0.05, 0.1) is 20.0 Å². The van der Waals surface area contributed by atoms with E-state index in [0.717, 1.165) is 55.9 Å². The first-order valence-electron chi connectivity index (χ1n) is 11.9. The van der Waals surface area contributed by atoms with E-state index in [1.807, 2.05) is 94.4 Å². The molecule has 1 aromatic heterocycles. The molecule has 4 aromatic rings. The van der Waals surface area contributed by atoms with Crippen LogP contribution in [0.15, 0.2) is 71.4 Å². The molecule has 36 heavy (non-hydrogen) atoms. The van der Waals surface area contributed by atoms with E-state index in [1.54, 1.807) is 19.4 Å². The summed E-state index contributed by atoms with van der Waals surface area (Å²) < 4.78 is 17.6. The Labute approximate surface area is 212 Å². The van der Waals surface area contributed by atoms with Crippen molar-refractivity contribution in [3.8, 4) is 22.6 Å². The van der Waals surface area contributed by atoms with E-state index < -0.39 is 0 Å². The lowest BCUT2D eigenvalue weighted by Crippen LogP contribution is -2.10. The van der Waals surface area contributed by atoms with E-state index in [4.69, 9.17) is 13.9 Å². The molecule has 186 valence electrons. The normalized spacial score (nSPS) is 11.4. The predicted molar refractivity (Wildman–Crippen MR) is 147 cm³/mol. The molecule has 6 nitrogen and oxygen atoms in total. The van der Waals surface area contributed by atoms with Gasteiger partial charge in [-0.3, -0.25) is 4.79 Å². The third kappa shape index (κ3) is 4.93. The Morgan fingerprint density at radius 3 is 2.47 bits per heavy atom. The zero-order valence-electron chi connectivity index (χ0n) is 21.6. The number of benzene rings is 3. The molecule has 0 aliphatic carbocycles. The predicted octanol–water partition coefficient (Wildman–Crippen LogP) is 6.92. The van der Waals surface area contributed by atoms with Crippen LogP contribution in [0, 0.1) is 6.92 Å². The molecular formula is C30H32N2O4. The minimum Gasteiger partial charge on any atom is -0.496 e. The van der Waals surface area contributed by atoms with E-state index in [0.29, 0.717) is 12.4 Å². The molecule has 0 aliphatic heterocycles. The highest BCUT2D eigenvalue weighted by atomic mass is 16.5. The van der Waals surface area contributed by atoms with Crippen molar-refractivity contribution in [2.75, 3.05) is 38.0 Å². The lowest BCUT2D eigenvalue weighted by molar-refractivity contribution is -0.111. The number of amides is 1. The van der Waals surface area contributed by atoms with Gasteiger partial charge in [-0.05, 0) is 62.7 Å². The molecule has 0 fully saturated rings. The van der Waals surface area contributed by atoms with Gasteiger partial charge in [0, 0.05) is 59.2 Å². The Morgan fingerprint density at radius 2 is 1.81 bits per heavy atom. The van der Waals surface area contributed by atoms with Crippen molar-refractivity contribution in [2.45, 2.75) is 20.8 Å². The summed E-state index contributed by atoms with van der Waals surface area (Å²) in [4.78, 5) is 14.9. The number of fused-ring (bicyclic) bond motifs is 1. The van der Waals surface area contributed by atoms with Crippen molar-refractivity contribution in [3.63, 3.8) is 0 Å². The SMILES string of the molecule is CCOc1c(/C(C)=C/C(=O)Nc2ccc(N(C)C)cc2)cc2c(-c3ccccc3OC)coc2c1C. The molecule has 0 radical (unpaired) electrons. The maximum absolute atomic E-state index is 12.9. The van der Waals surface area contributed by atoms with Crippen LogP contribution in [-0.2, 0) is 4.79 Å². The number of hydrogen-bond donors (Lipinski definition) is 1. The first-order chi connectivity index (χ1) is 17.3. The average Bonchev–Trinajstić information content (AvgIpc) is 3.30. The molecule has 0 saturated carbocycles. The van der Waals surface area contributed by atoms with Gasteiger partial charge in [0.1, 0.15) is 17.1 Å². The number of aryl methyl sites for hydroxylation is 1. The van der Waals surface area contributed by atoms with E-state index in [9.17, 15) is 4.79 Å². The average molecular weight is 485 g/mol. The summed E-state index contributed by atoms with van der Waals surface area (Å²) in [6.45, 7) is 6.34. The number of nitrogens with zero attached hydrogens (tertiary/aromatic N) is 1. The summed E-state index contributed by atoms with van der Waals surface area (Å²) in [5.74, 6) is 1.27. The number of furan rings is 1. The monoisotopic (exact) mass is 484 g/mol. The van der Waals surface area contributed by atoms with E-state index in [2.05, 4.69) is 5.32 Å². The van der Waals surface area contributed by atoms with Crippen molar-refractivity contribution in [3.05, 3.63) is 78.1 Å². The Hall–Kier alpha value is -4.19. The molecule has 0 spiro atoms. The quantitative estimate of drug-likeness (QED) is 0.275. The molecule has 3 aromatic carbocycles. The van der Waals surface area contributed by atoms with Crippen LogP contribution in [0.4, 0.5) is 11.4 Å². The summed E-state index contributed by atoms with van der Waals surface area (Å²) in [5, 5.41) is 3.88. The Bertz CT molecular complexity index is 1420. The molecule has 1 amide bonds. The standard InChI is InChI=1S/C30H32N2O4/c1-7-35-29-20(3)30-25(26(18-36-30)23-10-8-9-11-27(23)34-6)17-24(29)19(2)16-28(33)31-21-12-14-22(15-13-21)32(4)5/h8-18H,7H2,1-6H3,(H,31,33)/b19-16+. The van der Waals surface area contributed by atoms with Gasteiger partial charge in [-0.25, -0.2) is 0 Å². The number of methoxy groups -OCH3 is 1. The Kier molecular flexibility index (Phi) is 7.34. The van der Waals surface area contributed by atoms with E-state index in [-0.39, 0.29) is 5.91 Å². The van der Waals surface area contributed by atoms with Crippen LogP contribution in [0.25, 0.3) is 27.7 Å². The summed E-state index contributed by atoms with van der Waals surface area (Å²) in [6, 6.07) is 17.6. The summed E-state index contributed by atoms with van der Waals surface area (Å²) >= 11 is 0. The van der Waals surface area contributed by atoms with Crippen molar-refractivity contribution >= 4 is 33.8 Å². The van der Waals surface area contributed by atoms with Crippen LogP contribution in [-0.4, -0.2) is 33.7 Å². The van der Waals surface area contributed by atoms with Crippen LogP contribution in [0.5, 0.6) is 11.5 Å². The van der Waals surface area contributed by atoms with Gasteiger partial charge in [0.15, 0.2) is 0 Å². The van der Waals surface area contributed by atoms with Crippen molar-refractivity contribution < 1.29 is 18.7 Å². The van der Waals surface area contributed by atoms with Gasteiger partial charge in [-0.2, -0.15) is 0 Å². The molecule has 1 heterocycles. The fourth-order valence-corrected chi connectivity index (χ4v) is 4.31. The molecule has 1 N–H and O–H groups in total. The number of carbonyl (C=O) groups is 1. The summed E-state index contributed by atoms with van der Waals surface area (Å²) in [5.41, 5.74) is 6.94. The smallest absolute Gasteiger partial charge is 0.248 e. The second kappa shape index (κ2) is 10.6. The molecule has 4 rings (SSSR count). The molecule has 0 unspecified atom stereocenters. The van der Waals surface area contributed by atoms with E-state index >= 15 is 0 Å². The molecule has 0 atom stereocenters. The van der Waals surface area contributed by atoms with Crippen LogP contribution >= 0.6 is 0 Å². The lowest BCUT2D eigenvalue weighted by atomic mass is 9.96. The summed E-state index contributed by atoms with van der Waals surface area (Å²) in [6.07, 6.45) is 3.35. The number of hydrogen-bond acceptors (Lipinski definition) is 5. The third-order valence-electron chi connectivity index (χ3n) is 6.15. The second-order valence-electron chi connectivity index (χ2n) is 8.80. The van der Waals surface area contributed by atoms with Gasteiger partial charge >= 0.3 is 0 Å². The fourth-order valence-electron chi connectivity index (χ4n) is 4.31. The van der Waals surface area contributed by atoms with Gasteiger partial charge in [-0.1, -0.05) is 18.2 Å². The molecule has 6 heteroatoms. The summed E-state index contributed by atoms with van der Waals surface area (Å²) in [7, 11) is 5.62. The molecule has 0 bridgehead atoms. The fraction of sp³-hybridized carbons (Fsp3) is 0.233. The largest absolute Gasteiger partial charge is 0.496 e. The second-order valence-corrected chi connectivity index (χ2v) is 8.80. The number of carbonyl (C=O) groups excluding carboxylic acids is 1. The van der Waals surface area contributed by atoms with Gasteiger partial charge in [0.25, 0.3) is 0 Å². The van der Waals surface area contributed by atoms with Gasteiger partial charge in [-0.15, -0.1) is 0 Å². The first kappa shape index (κ1) is 24.9. The Balaban J connectivity index is 1.75. The number of allylic oxidation sites excluding steroid dienone is 1. The zero-order valence-corrected chi connectivity index (χ0v) is 21.6. The highest BCUT2D eigenvalue weighted by molar-refractivity contribution is 6.06. The van der Waals surface area contributed by atoms with Crippen LogP contribution in [0.3, 0.4) is 0 Å². The lowest BCUT2D eigenvalue weighted by Gasteiger charge is -2.15. The topological polar surface area (TPSA) is 63.9 Å². The number of nitrogens with one attached hydrogen (secondary N) is 1. The third-order valence-corrected chi connectivity index (χ3v) is 6.15. The van der Waals surface area contributed by atoms with Gasteiger partial charge in [0.2, 0.25) is 5.91 Å². The highest BCUT2D eigenvalue weighted by Gasteiger charge is 2.20. The van der Waals surface area contributed by atoms with Gasteiger partial charge < -0.3 is 24.1 Å². The van der Waals surface area contributed by atoms with E-state index in [1.165, 1.54) is 0 Å². The molecule has 0 saturated heterocycles. The molecular weight excluding hydrogens is 452 g/mol. The van der Waals surface area contributed by atoms with Crippen molar-refractivity contribution in [1.82, 2.24) is 0 Å². The zero-order chi connectivity index (χ0) is 25.8. The van der Waals surface area contributed by atoms with Crippen molar-refractivity contribution in [1.29, 1.82) is 0 Å². The van der Waals surface area contributed by atoms with Crippen LogP contribution in [0.1, 0.15) is 25.0 Å². The minimum atomic E-state index is -0.206. The number of ether oxygens (including phenoxy) is 2. The van der Waals surface area contributed by atoms with Crippen LogP contribution < -0.4 is 19.7 Å². The number of rotatable bonds is 8. The van der Waals surface area contributed by atoms with Crippen molar-refractivity contribution in [2.24, 2.45) is 0 Å². The Morgan fingerprint density at radius 1 is 1.08 bits per heavy atom. The minimum absolute atomic E-state index is 0.206. The highest BCUT2D eigenvalue weighted by Crippen LogP contribution is 2.42. The first-order valence-corrected chi connectivity index (χ1v) is 11.9. The number of para-hydroxylation sites is 1. The number of anilines is 2. The van der Waals surface area contributed by atoms with Crippen LogP contribution in [0.2, 0.25) is 0 Å². The maximum atomic E-state index is 12.9. The molecule has 0 aliphatic rings.